The summed E-state index contributed by atoms with van der Waals surface area (Å²) >= 11 is 1.59. The molecule has 0 aromatic carbocycles. The number of nitrogens with zero attached hydrogens (tertiary/aromatic N) is 2. The average Bonchev–Trinajstić information content (AvgIpc) is 2.91. The number of hydrogen-bond acceptors (Lipinski definition) is 3. The fraction of sp³-hybridized carbons (Fsp3) is 0.571. The fourth-order valence-electron chi connectivity index (χ4n) is 1.80. The van der Waals surface area contributed by atoms with E-state index in [0.717, 1.165) is 0 Å². The van der Waals surface area contributed by atoms with Gasteiger partial charge in [0.2, 0.25) is 11.8 Å². The van der Waals surface area contributed by atoms with Gasteiger partial charge >= 0.3 is 0 Å². The predicted octanol–water partition coefficient (Wildman–Crippen LogP) is 0.783. The van der Waals surface area contributed by atoms with Gasteiger partial charge in [-0.25, -0.2) is 0 Å². The first-order valence-corrected chi connectivity index (χ1v) is 7.30. The van der Waals surface area contributed by atoms with Crippen molar-refractivity contribution in [3.8, 4) is 24.2 Å². The smallest absolute Gasteiger partial charge is 0.247 e. The third-order valence-corrected chi connectivity index (χ3v) is 3.84. The van der Waals surface area contributed by atoms with Crippen LogP contribution in [0.2, 0.25) is 0 Å². The van der Waals surface area contributed by atoms with E-state index in [-0.39, 0.29) is 18.4 Å². The molecule has 0 aromatic rings. The second kappa shape index (κ2) is 7.76. The van der Waals surface area contributed by atoms with Crippen molar-refractivity contribution in [2.45, 2.75) is 26.3 Å². The molecule has 2 amide bonds. The lowest BCUT2D eigenvalue weighted by Gasteiger charge is -2.27. The summed E-state index contributed by atoms with van der Waals surface area (Å²) in [6.07, 6.45) is 5.69. The minimum atomic E-state index is -0.399. The zero-order valence-corrected chi connectivity index (χ0v) is 12.1. The van der Waals surface area contributed by atoms with Crippen molar-refractivity contribution in [2.24, 2.45) is 0 Å². The number of hydrogen-bond donors (Lipinski definition) is 0. The highest BCUT2D eigenvalue weighted by molar-refractivity contribution is 7.99. The van der Waals surface area contributed by atoms with E-state index in [4.69, 9.17) is 6.42 Å². The number of carbonyl (C=O) groups excluding carboxylic acids is 2. The summed E-state index contributed by atoms with van der Waals surface area (Å²) in [5.74, 6) is 9.17. The summed E-state index contributed by atoms with van der Waals surface area (Å²) in [7, 11) is 0. The molecule has 1 fully saturated rings. The third kappa shape index (κ3) is 3.94. The fourth-order valence-corrected chi connectivity index (χ4v) is 2.98. The highest BCUT2D eigenvalue weighted by Gasteiger charge is 2.35. The normalized spacial score (nSPS) is 17.3. The maximum absolute atomic E-state index is 12.4. The second-order valence-electron chi connectivity index (χ2n) is 4.06. The molecule has 0 aliphatic carbocycles. The van der Waals surface area contributed by atoms with Crippen molar-refractivity contribution >= 4 is 23.6 Å². The summed E-state index contributed by atoms with van der Waals surface area (Å²) in [5, 5.41) is 0. The molecule has 1 rings (SSSR count). The van der Waals surface area contributed by atoms with Gasteiger partial charge in [-0.15, -0.1) is 24.1 Å². The minimum absolute atomic E-state index is 0.00517. The first-order chi connectivity index (χ1) is 9.15. The van der Waals surface area contributed by atoms with E-state index < -0.39 is 6.04 Å². The number of thioether (sulfide) groups is 1. The topological polar surface area (TPSA) is 40.6 Å². The van der Waals surface area contributed by atoms with Gasteiger partial charge in [0.05, 0.1) is 19.0 Å². The molecule has 0 saturated carbocycles. The summed E-state index contributed by atoms with van der Waals surface area (Å²) in [5.41, 5.74) is 0. The van der Waals surface area contributed by atoms with E-state index >= 15 is 0 Å². The van der Waals surface area contributed by atoms with Gasteiger partial charge < -0.3 is 9.80 Å². The van der Waals surface area contributed by atoms with Gasteiger partial charge in [0.1, 0.15) is 6.04 Å². The van der Waals surface area contributed by atoms with Crippen LogP contribution in [0.4, 0.5) is 0 Å². The highest BCUT2D eigenvalue weighted by Crippen LogP contribution is 2.23. The Labute approximate surface area is 118 Å². The Morgan fingerprint density at radius 1 is 1.47 bits per heavy atom. The quantitative estimate of drug-likeness (QED) is 0.714. The lowest BCUT2D eigenvalue weighted by molar-refractivity contribution is -0.142. The lowest BCUT2D eigenvalue weighted by Crippen LogP contribution is -2.49. The minimum Gasteiger partial charge on any atom is -0.321 e. The molecule has 5 heteroatoms. The average molecular weight is 278 g/mol. The van der Waals surface area contributed by atoms with Crippen LogP contribution in [0.25, 0.3) is 0 Å². The molecule has 1 atom stereocenters. The van der Waals surface area contributed by atoms with Gasteiger partial charge in [-0.3, -0.25) is 9.59 Å². The number of carbonyl (C=O) groups is 2. The van der Waals surface area contributed by atoms with E-state index in [1.807, 2.05) is 0 Å². The maximum Gasteiger partial charge on any atom is 0.247 e. The number of amides is 2. The summed E-state index contributed by atoms with van der Waals surface area (Å²) in [4.78, 5) is 27.4. The van der Waals surface area contributed by atoms with Crippen molar-refractivity contribution in [1.82, 2.24) is 9.80 Å². The van der Waals surface area contributed by atoms with Crippen molar-refractivity contribution in [3.05, 3.63) is 0 Å². The van der Waals surface area contributed by atoms with Crippen molar-refractivity contribution in [3.63, 3.8) is 0 Å². The highest BCUT2D eigenvalue weighted by atomic mass is 32.2. The van der Waals surface area contributed by atoms with E-state index in [1.165, 1.54) is 4.90 Å². The Hall–Kier alpha value is -1.59. The molecule has 19 heavy (non-hydrogen) atoms. The molecule has 0 N–H and O–H groups in total. The molecule has 0 spiro atoms. The van der Waals surface area contributed by atoms with Crippen LogP contribution in [0.5, 0.6) is 0 Å². The molecule has 4 nitrogen and oxygen atoms in total. The van der Waals surface area contributed by atoms with Crippen LogP contribution in [0.3, 0.4) is 0 Å². The molecule has 0 bridgehead atoms. The number of rotatable bonds is 4. The van der Waals surface area contributed by atoms with Gasteiger partial charge in [-0.1, -0.05) is 18.8 Å². The zero-order chi connectivity index (χ0) is 14.3. The molecule has 1 saturated heterocycles. The SMILES string of the molecule is C#CCN(CC#CC)C(=O)[C@H]1CSCN1C(=O)CC. The van der Waals surface area contributed by atoms with Gasteiger partial charge in [0.25, 0.3) is 0 Å². The molecule has 1 aliphatic heterocycles. The molecular formula is C14H18N2O2S. The Bertz CT molecular complexity index is 445. The van der Waals surface area contributed by atoms with Crippen molar-refractivity contribution in [2.75, 3.05) is 24.7 Å². The monoisotopic (exact) mass is 278 g/mol. The lowest BCUT2D eigenvalue weighted by atomic mass is 10.2. The van der Waals surface area contributed by atoms with E-state index in [0.29, 0.717) is 24.6 Å². The molecule has 0 aromatic heterocycles. The summed E-state index contributed by atoms with van der Waals surface area (Å²) in [6, 6.07) is -0.399. The Morgan fingerprint density at radius 3 is 2.79 bits per heavy atom. The van der Waals surface area contributed by atoms with Crippen LogP contribution in [0.1, 0.15) is 20.3 Å². The van der Waals surface area contributed by atoms with Gasteiger partial charge in [0.15, 0.2) is 0 Å². The Kier molecular flexibility index (Phi) is 6.32. The maximum atomic E-state index is 12.4. The van der Waals surface area contributed by atoms with E-state index in [1.54, 1.807) is 30.5 Å². The first-order valence-electron chi connectivity index (χ1n) is 6.14. The zero-order valence-electron chi connectivity index (χ0n) is 11.3. The predicted molar refractivity (Wildman–Crippen MR) is 77.1 cm³/mol. The van der Waals surface area contributed by atoms with Gasteiger partial charge in [0, 0.05) is 12.2 Å². The number of terminal acetylenes is 1. The van der Waals surface area contributed by atoms with Crippen LogP contribution in [0.15, 0.2) is 0 Å². The van der Waals surface area contributed by atoms with E-state index in [2.05, 4.69) is 17.8 Å². The molecule has 1 heterocycles. The summed E-state index contributed by atoms with van der Waals surface area (Å²) in [6.45, 7) is 4.06. The van der Waals surface area contributed by atoms with Crippen LogP contribution >= 0.6 is 11.8 Å². The largest absolute Gasteiger partial charge is 0.321 e. The first kappa shape index (κ1) is 15.5. The van der Waals surface area contributed by atoms with Crippen LogP contribution in [-0.4, -0.2) is 52.4 Å². The van der Waals surface area contributed by atoms with Gasteiger partial charge in [-0.2, -0.15) is 0 Å². The molecule has 102 valence electrons. The van der Waals surface area contributed by atoms with Crippen LogP contribution < -0.4 is 0 Å². The Morgan fingerprint density at radius 2 is 2.21 bits per heavy atom. The van der Waals surface area contributed by atoms with Crippen molar-refractivity contribution < 1.29 is 9.59 Å². The van der Waals surface area contributed by atoms with Gasteiger partial charge in [-0.05, 0) is 6.92 Å². The van der Waals surface area contributed by atoms with Crippen molar-refractivity contribution in [1.29, 1.82) is 0 Å². The second-order valence-corrected chi connectivity index (χ2v) is 5.06. The Balaban J connectivity index is 2.79. The molecule has 0 radical (unpaired) electrons. The van der Waals surface area contributed by atoms with Crippen LogP contribution in [-0.2, 0) is 9.59 Å². The third-order valence-electron chi connectivity index (χ3n) is 2.83. The molecule has 1 aliphatic rings. The summed E-state index contributed by atoms with van der Waals surface area (Å²) < 4.78 is 0. The van der Waals surface area contributed by atoms with E-state index in [9.17, 15) is 9.59 Å². The molecule has 0 unspecified atom stereocenters. The molecular weight excluding hydrogens is 260 g/mol. The standard InChI is InChI=1S/C14H18N2O2S/c1-4-7-9-15(8-5-2)14(18)12-10-19-11-16(12)13(17)6-3/h2,12H,6,8-11H2,1,3H3/t12-/m1/s1. The van der Waals surface area contributed by atoms with Crippen LogP contribution in [0, 0.1) is 24.2 Å².